The van der Waals surface area contributed by atoms with E-state index in [0.29, 0.717) is 31.5 Å². The Labute approximate surface area is 129 Å². The average Bonchev–Trinajstić information content (AvgIpc) is 2.50. The van der Waals surface area contributed by atoms with Crippen molar-refractivity contribution in [1.82, 2.24) is 4.90 Å². The summed E-state index contributed by atoms with van der Waals surface area (Å²) >= 11 is 0. The van der Waals surface area contributed by atoms with Gasteiger partial charge in [0.25, 0.3) is 0 Å². The molecule has 1 aliphatic heterocycles. The molecule has 1 heterocycles. The zero-order chi connectivity index (χ0) is 16.3. The summed E-state index contributed by atoms with van der Waals surface area (Å²) < 4.78 is 13.4. The molecule has 6 heteroatoms. The first-order chi connectivity index (χ1) is 10.4. The van der Waals surface area contributed by atoms with Gasteiger partial charge in [0.15, 0.2) is 0 Å². The van der Waals surface area contributed by atoms with Gasteiger partial charge in [-0.15, -0.1) is 0 Å². The fourth-order valence-electron chi connectivity index (χ4n) is 2.58. The SMILES string of the molecule is Cc1ccc(NC(=O)C(=O)N2CCC(C(C)O)CC2)cc1F. The van der Waals surface area contributed by atoms with Crippen LogP contribution in [0.25, 0.3) is 0 Å². The number of likely N-dealkylation sites (tertiary alicyclic amines) is 1. The third-order valence-corrected chi connectivity index (χ3v) is 4.13. The predicted molar refractivity (Wildman–Crippen MR) is 80.8 cm³/mol. The number of halogens is 1. The van der Waals surface area contributed by atoms with E-state index in [2.05, 4.69) is 5.32 Å². The van der Waals surface area contributed by atoms with Crippen LogP contribution in [0.15, 0.2) is 18.2 Å². The lowest BCUT2D eigenvalue weighted by molar-refractivity contribution is -0.144. The van der Waals surface area contributed by atoms with Crippen LogP contribution in [0.2, 0.25) is 0 Å². The largest absolute Gasteiger partial charge is 0.393 e. The summed E-state index contributed by atoms with van der Waals surface area (Å²) in [6.07, 6.45) is 0.952. The first-order valence-corrected chi connectivity index (χ1v) is 7.43. The third kappa shape index (κ3) is 3.82. The summed E-state index contributed by atoms with van der Waals surface area (Å²) in [6.45, 7) is 4.26. The number of carbonyl (C=O) groups excluding carboxylic acids is 2. The van der Waals surface area contributed by atoms with Gasteiger partial charge in [0, 0.05) is 18.8 Å². The second kappa shape index (κ2) is 6.87. The highest BCUT2D eigenvalue weighted by Crippen LogP contribution is 2.21. The molecule has 2 amide bonds. The van der Waals surface area contributed by atoms with E-state index in [0.717, 1.165) is 0 Å². The number of hydrogen-bond acceptors (Lipinski definition) is 3. The van der Waals surface area contributed by atoms with Gasteiger partial charge in [-0.05, 0) is 50.3 Å². The summed E-state index contributed by atoms with van der Waals surface area (Å²) in [7, 11) is 0. The zero-order valence-corrected chi connectivity index (χ0v) is 12.8. The number of amides is 2. The highest BCUT2D eigenvalue weighted by molar-refractivity contribution is 6.39. The van der Waals surface area contributed by atoms with E-state index in [-0.39, 0.29) is 11.6 Å². The smallest absolute Gasteiger partial charge is 0.313 e. The maximum Gasteiger partial charge on any atom is 0.313 e. The summed E-state index contributed by atoms with van der Waals surface area (Å²) in [6, 6.07) is 4.30. The monoisotopic (exact) mass is 308 g/mol. The van der Waals surface area contributed by atoms with Crippen LogP contribution in [0.3, 0.4) is 0 Å². The number of rotatable bonds is 2. The number of anilines is 1. The molecule has 2 rings (SSSR count). The fraction of sp³-hybridized carbons (Fsp3) is 0.500. The van der Waals surface area contributed by atoms with E-state index in [9.17, 15) is 19.1 Å². The van der Waals surface area contributed by atoms with Gasteiger partial charge in [-0.25, -0.2) is 4.39 Å². The van der Waals surface area contributed by atoms with E-state index < -0.39 is 23.7 Å². The highest BCUT2D eigenvalue weighted by atomic mass is 19.1. The topological polar surface area (TPSA) is 69.6 Å². The number of nitrogens with zero attached hydrogens (tertiary/aromatic N) is 1. The van der Waals surface area contributed by atoms with Crippen molar-refractivity contribution in [2.45, 2.75) is 32.8 Å². The maximum atomic E-state index is 13.4. The van der Waals surface area contributed by atoms with E-state index in [1.807, 2.05) is 0 Å². The minimum atomic E-state index is -0.765. The molecule has 1 fully saturated rings. The lowest BCUT2D eigenvalue weighted by atomic mass is 9.92. The normalized spacial score (nSPS) is 17.2. The molecule has 120 valence electrons. The molecule has 0 bridgehead atoms. The maximum absolute atomic E-state index is 13.4. The molecule has 2 N–H and O–H groups in total. The molecule has 0 aromatic heterocycles. The van der Waals surface area contributed by atoms with Crippen LogP contribution in [0, 0.1) is 18.7 Å². The number of benzene rings is 1. The second-order valence-electron chi connectivity index (χ2n) is 5.79. The third-order valence-electron chi connectivity index (χ3n) is 4.13. The molecule has 22 heavy (non-hydrogen) atoms. The molecule has 5 nitrogen and oxygen atoms in total. The van der Waals surface area contributed by atoms with Gasteiger partial charge in [-0.3, -0.25) is 9.59 Å². The second-order valence-corrected chi connectivity index (χ2v) is 5.79. The van der Waals surface area contributed by atoms with Crippen LogP contribution in [-0.2, 0) is 9.59 Å². The van der Waals surface area contributed by atoms with Crippen LogP contribution in [-0.4, -0.2) is 41.0 Å². The Hall–Kier alpha value is -1.95. The zero-order valence-electron chi connectivity index (χ0n) is 12.8. The van der Waals surface area contributed by atoms with Crippen LogP contribution in [0.4, 0.5) is 10.1 Å². The van der Waals surface area contributed by atoms with Gasteiger partial charge >= 0.3 is 11.8 Å². The van der Waals surface area contributed by atoms with Crippen molar-refractivity contribution in [3.05, 3.63) is 29.6 Å². The Kier molecular flexibility index (Phi) is 5.13. The number of aliphatic hydroxyl groups excluding tert-OH is 1. The number of piperidine rings is 1. The van der Waals surface area contributed by atoms with Gasteiger partial charge in [0.2, 0.25) is 0 Å². The Morgan fingerprint density at radius 2 is 2.00 bits per heavy atom. The molecule has 0 spiro atoms. The van der Waals surface area contributed by atoms with Gasteiger partial charge in [0.1, 0.15) is 5.82 Å². The molecule has 1 aliphatic rings. The van der Waals surface area contributed by atoms with Crippen LogP contribution >= 0.6 is 0 Å². The molecule has 0 saturated carbocycles. The van der Waals surface area contributed by atoms with Gasteiger partial charge in [-0.1, -0.05) is 6.07 Å². The molecular weight excluding hydrogens is 287 g/mol. The highest BCUT2D eigenvalue weighted by Gasteiger charge is 2.28. The lowest BCUT2D eigenvalue weighted by Crippen LogP contribution is -2.45. The molecule has 1 aromatic rings. The van der Waals surface area contributed by atoms with Crippen molar-refractivity contribution >= 4 is 17.5 Å². The minimum Gasteiger partial charge on any atom is -0.393 e. The molecule has 1 unspecified atom stereocenters. The van der Waals surface area contributed by atoms with E-state index in [1.54, 1.807) is 26.0 Å². The molecule has 1 atom stereocenters. The van der Waals surface area contributed by atoms with Crippen LogP contribution < -0.4 is 5.32 Å². The number of aryl methyl sites for hydroxylation is 1. The lowest BCUT2D eigenvalue weighted by Gasteiger charge is -2.32. The van der Waals surface area contributed by atoms with E-state index >= 15 is 0 Å². The molecule has 0 aliphatic carbocycles. The number of aliphatic hydroxyl groups is 1. The van der Waals surface area contributed by atoms with E-state index in [4.69, 9.17) is 0 Å². The number of nitrogens with one attached hydrogen (secondary N) is 1. The van der Waals surface area contributed by atoms with Crippen molar-refractivity contribution in [3.8, 4) is 0 Å². The molecular formula is C16H21FN2O3. The van der Waals surface area contributed by atoms with Crippen molar-refractivity contribution in [2.24, 2.45) is 5.92 Å². The Morgan fingerprint density at radius 3 is 2.55 bits per heavy atom. The summed E-state index contributed by atoms with van der Waals surface area (Å²) in [5, 5.41) is 12.0. The Balaban J connectivity index is 1.92. The average molecular weight is 308 g/mol. The summed E-state index contributed by atoms with van der Waals surface area (Å²) in [4.78, 5) is 25.5. The van der Waals surface area contributed by atoms with Crippen LogP contribution in [0.5, 0.6) is 0 Å². The first kappa shape index (κ1) is 16.4. The Bertz CT molecular complexity index is 567. The quantitative estimate of drug-likeness (QED) is 0.817. The molecule has 1 aromatic carbocycles. The summed E-state index contributed by atoms with van der Waals surface area (Å²) in [5.41, 5.74) is 0.741. The van der Waals surface area contributed by atoms with Crippen molar-refractivity contribution in [2.75, 3.05) is 18.4 Å². The first-order valence-electron chi connectivity index (χ1n) is 7.43. The van der Waals surface area contributed by atoms with Gasteiger partial charge in [0.05, 0.1) is 6.10 Å². The molecule has 1 saturated heterocycles. The standard InChI is InChI=1S/C16H21FN2O3/c1-10-3-4-13(9-14(10)17)18-15(21)16(22)19-7-5-12(6-8-19)11(2)20/h3-4,9,11-12,20H,5-8H2,1-2H3,(H,18,21). The van der Waals surface area contributed by atoms with E-state index in [1.165, 1.54) is 11.0 Å². The van der Waals surface area contributed by atoms with Crippen LogP contribution in [0.1, 0.15) is 25.3 Å². The number of hydrogen-bond donors (Lipinski definition) is 2. The van der Waals surface area contributed by atoms with Gasteiger partial charge in [-0.2, -0.15) is 0 Å². The van der Waals surface area contributed by atoms with Crippen molar-refractivity contribution in [3.63, 3.8) is 0 Å². The minimum absolute atomic E-state index is 0.165. The van der Waals surface area contributed by atoms with Gasteiger partial charge < -0.3 is 15.3 Å². The van der Waals surface area contributed by atoms with Crippen molar-refractivity contribution in [1.29, 1.82) is 0 Å². The number of carbonyl (C=O) groups is 2. The van der Waals surface area contributed by atoms with Crippen molar-refractivity contribution < 1.29 is 19.1 Å². The Morgan fingerprint density at radius 1 is 1.36 bits per heavy atom. The predicted octanol–water partition coefficient (Wildman–Crippen LogP) is 1.69. The molecule has 0 radical (unpaired) electrons. The summed E-state index contributed by atoms with van der Waals surface area (Å²) in [5.74, 6) is -1.65. The fourth-order valence-corrected chi connectivity index (χ4v) is 2.58.